The van der Waals surface area contributed by atoms with Crippen molar-refractivity contribution in [1.82, 2.24) is 15.4 Å². The summed E-state index contributed by atoms with van der Waals surface area (Å²) < 4.78 is 53.8. The fraction of sp³-hybridized carbons (Fsp3) is 0.278. The van der Waals surface area contributed by atoms with Crippen LogP contribution in [-0.2, 0) is 29.1 Å². The predicted octanol–water partition coefficient (Wildman–Crippen LogP) is -0.602. The Labute approximate surface area is 207 Å². The van der Waals surface area contributed by atoms with Crippen LogP contribution < -0.4 is 21.5 Å². The highest BCUT2D eigenvalue weighted by Gasteiger charge is 2.49. The highest BCUT2D eigenvalue weighted by atomic mass is 32.3. The zero-order valence-electron chi connectivity index (χ0n) is 18.4. The molecule has 18 heteroatoms. The molecule has 0 spiro atoms. The number of benzene rings is 1. The molecule has 2 heterocycles. The zero-order chi connectivity index (χ0) is 26.6. The molecule has 15 nitrogen and oxygen atoms in total. The number of hydrogen-bond donors (Lipinski definition) is 5. The fourth-order valence-electron chi connectivity index (χ4n) is 2.88. The van der Waals surface area contributed by atoms with Crippen molar-refractivity contribution in [2.75, 3.05) is 18.9 Å². The molecule has 2 atom stereocenters. The van der Waals surface area contributed by atoms with Crippen molar-refractivity contribution in [1.29, 1.82) is 5.41 Å². The summed E-state index contributed by atoms with van der Waals surface area (Å²) in [5, 5.41) is 15.3. The summed E-state index contributed by atoms with van der Waals surface area (Å²) in [5.74, 6) is -2.99. The summed E-state index contributed by atoms with van der Waals surface area (Å²) in [6, 6.07) is 1.60. The number of carbonyl (C=O) groups is 2. The van der Waals surface area contributed by atoms with Gasteiger partial charge in [0.05, 0.1) is 6.04 Å². The number of halogens is 1. The van der Waals surface area contributed by atoms with Gasteiger partial charge in [-0.2, -0.15) is 13.5 Å². The van der Waals surface area contributed by atoms with E-state index < -0.39 is 40.1 Å². The van der Waals surface area contributed by atoms with Crippen LogP contribution in [-0.4, -0.2) is 71.7 Å². The van der Waals surface area contributed by atoms with Gasteiger partial charge in [0.1, 0.15) is 24.2 Å². The minimum absolute atomic E-state index is 0.0345. The zero-order valence-corrected chi connectivity index (χ0v) is 20.0. The molecular weight excluding hydrogens is 525 g/mol. The topological polar surface area (TPSA) is 233 Å². The van der Waals surface area contributed by atoms with Gasteiger partial charge < -0.3 is 26.4 Å². The Morgan fingerprint density at radius 2 is 2.14 bits per heavy atom. The average molecular weight is 546 g/mol. The minimum Gasteiger partial charge on any atom is -0.487 e. The molecule has 2 amide bonds. The lowest BCUT2D eigenvalue weighted by molar-refractivity contribution is -0.196. The number of rotatable bonds is 11. The molecule has 1 aromatic carbocycles. The van der Waals surface area contributed by atoms with E-state index in [2.05, 4.69) is 19.7 Å². The van der Waals surface area contributed by atoms with E-state index in [4.69, 9.17) is 31.0 Å². The highest BCUT2D eigenvalue weighted by molar-refractivity contribution is 7.80. The third-order valence-corrected chi connectivity index (χ3v) is 5.63. The Balaban J connectivity index is 1.62. The number of carbonyl (C=O) groups excluding carboxylic acids is 2. The average Bonchev–Trinajstić information content (AvgIpc) is 3.23. The number of nitrogens with two attached hydrogens (primary N) is 2. The van der Waals surface area contributed by atoms with Crippen molar-refractivity contribution in [3.8, 4) is 5.75 Å². The largest absolute Gasteiger partial charge is 0.487 e. The molecule has 1 fully saturated rings. The number of hydrogen-bond acceptors (Lipinski definition) is 12. The normalized spacial score (nSPS) is 17.9. The van der Waals surface area contributed by atoms with Crippen molar-refractivity contribution in [2.24, 2.45) is 10.9 Å². The van der Waals surface area contributed by atoms with E-state index in [1.807, 2.05) is 0 Å². The second kappa shape index (κ2) is 10.8. The van der Waals surface area contributed by atoms with Crippen LogP contribution in [0, 0.1) is 11.2 Å². The SMILES string of the molecule is C[C@H]1[C@H](NC(=O)/C(=N\OCCOc2ccc(C(=N)N)cc2F)c2csc(N)n2)C(=O)N1OS(=O)(=O)O. The predicted molar refractivity (Wildman–Crippen MR) is 123 cm³/mol. The first-order chi connectivity index (χ1) is 16.9. The van der Waals surface area contributed by atoms with E-state index in [1.54, 1.807) is 0 Å². The maximum absolute atomic E-state index is 14.0. The van der Waals surface area contributed by atoms with E-state index in [9.17, 15) is 22.4 Å². The molecule has 194 valence electrons. The van der Waals surface area contributed by atoms with Crippen LogP contribution in [0.4, 0.5) is 9.52 Å². The lowest BCUT2D eigenvalue weighted by Gasteiger charge is -2.42. The molecular formula is C18H20FN7O8S2. The highest BCUT2D eigenvalue weighted by Crippen LogP contribution is 2.22. The van der Waals surface area contributed by atoms with Crippen LogP contribution >= 0.6 is 11.3 Å². The van der Waals surface area contributed by atoms with Crippen LogP contribution in [0.3, 0.4) is 0 Å². The molecule has 1 aliphatic rings. The smallest absolute Gasteiger partial charge is 0.418 e. The molecule has 3 rings (SSSR count). The number of oxime groups is 1. The van der Waals surface area contributed by atoms with E-state index in [-0.39, 0.29) is 46.9 Å². The van der Waals surface area contributed by atoms with Crippen molar-refractivity contribution < 1.29 is 40.8 Å². The first kappa shape index (κ1) is 26.7. The standard InChI is InChI=1S/C18H20FN7O8S2/c1-8-13(17(28)26(8)34-36(29,30)31)24-16(27)14(11-7-35-18(22)23-11)25-33-5-4-32-12-3-2-9(15(20)21)6-10(12)19/h2-3,6-8,13H,4-5H2,1H3,(H3,20,21)(H2,22,23)(H,24,27)(H,29,30,31)/b25-14-/t8-,13-/m0/s1. The van der Waals surface area contributed by atoms with Crippen molar-refractivity contribution in [2.45, 2.75) is 19.0 Å². The Bertz CT molecular complexity index is 1320. The summed E-state index contributed by atoms with van der Waals surface area (Å²) in [6.45, 7) is 0.970. The number of amidine groups is 1. The van der Waals surface area contributed by atoms with Gasteiger partial charge >= 0.3 is 10.4 Å². The first-order valence-electron chi connectivity index (χ1n) is 9.86. The molecule has 0 unspecified atom stereocenters. The maximum Gasteiger partial charge on any atom is 0.418 e. The molecule has 0 aliphatic carbocycles. The van der Waals surface area contributed by atoms with Gasteiger partial charge in [-0.3, -0.25) is 19.6 Å². The number of nitrogens with one attached hydrogen (secondary N) is 2. The van der Waals surface area contributed by atoms with Gasteiger partial charge in [0.2, 0.25) is 0 Å². The molecule has 0 radical (unpaired) electrons. The number of amides is 2. The summed E-state index contributed by atoms with van der Waals surface area (Å²) in [6.07, 6.45) is 0. The first-order valence-corrected chi connectivity index (χ1v) is 12.1. The van der Waals surface area contributed by atoms with Gasteiger partial charge in [0, 0.05) is 10.9 Å². The summed E-state index contributed by atoms with van der Waals surface area (Å²) in [4.78, 5) is 33.9. The number of thiazole rings is 1. The number of ether oxygens (including phenoxy) is 1. The molecule has 1 aromatic heterocycles. The number of β-lactam (4-membered cyclic amide) rings is 1. The number of nitrogen functional groups attached to an aromatic ring is 2. The van der Waals surface area contributed by atoms with E-state index >= 15 is 0 Å². The quantitative estimate of drug-likeness (QED) is 0.0597. The van der Waals surface area contributed by atoms with Gasteiger partial charge in [-0.05, 0) is 25.1 Å². The monoisotopic (exact) mass is 545 g/mol. The van der Waals surface area contributed by atoms with Crippen LogP contribution in [0.5, 0.6) is 5.75 Å². The number of aromatic nitrogens is 1. The van der Waals surface area contributed by atoms with E-state index in [1.165, 1.54) is 24.4 Å². The van der Waals surface area contributed by atoms with Crippen LogP contribution in [0.15, 0.2) is 28.7 Å². The van der Waals surface area contributed by atoms with Gasteiger partial charge in [-0.15, -0.1) is 15.6 Å². The van der Waals surface area contributed by atoms with Gasteiger partial charge in [-0.25, -0.2) is 9.37 Å². The number of nitrogens with zero attached hydrogens (tertiary/aromatic N) is 3. The Kier molecular flexibility index (Phi) is 8.03. The third-order valence-electron chi connectivity index (χ3n) is 4.61. The minimum atomic E-state index is -4.93. The molecule has 2 aromatic rings. The van der Waals surface area contributed by atoms with Gasteiger partial charge in [0.25, 0.3) is 11.8 Å². The Morgan fingerprint density at radius 3 is 2.69 bits per heavy atom. The number of anilines is 1. The van der Waals surface area contributed by atoms with Crippen LogP contribution in [0.25, 0.3) is 0 Å². The third kappa shape index (κ3) is 6.42. The molecule has 7 N–H and O–H groups in total. The Hall–Kier alpha value is -3.87. The molecule has 0 saturated carbocycles. The summed E-state index contributed by atoms with van der Waals surface area (Å²) in [5.41, 5.74) is 10.8. The van der Waals surface area contributed by atoms with E-state index in [0.29, 0.717) is 5.06 Å². The van der Waals surface area contributed by atoms with Crippen molar-refractivity contribution in [3.05, 3.63) is 40.7 Å². The molecule has 36 heavy (non-hydrogen) atoms. The summed E-state index contributed by atoms with van der Waals surface area (Å²) >= 11 is 1.01. The Morgan fingerprint density at radius 1 is 1.42 bits per heavy atom. The second-order valence-electron chi connectivity index (χ2n) is 7.11. The van der Waals surface area contributed by atoms with Crippen molar-refractivity contribution >= 4 is 50.2 Å². The molecule has 1 saturated heterocycles. The second-order valence-corrected chi connectivity index (χ2v) is 9.00. The van der Waals surface area contributed by atoms with Crippen LogP contribution in [0.2, 0.25) is 0 Å². The fourth-order valence-corrected chi connectivity index (χ4v) is 3.84. The summed E-state index contributed by atoms with van der Waals surface area (Å²) in [7, 11) is -4.93. The van der Waals surface area contributed by atoms with E-state index in [0.717, 1.165) is 17.4 Å². The molecule has 0 bridgehead atoms. The molecule has 1 aliphatic heterocycles. The van der Waals surface area contributed by atoms with Gasteiger partial charge in [-0.1, -0.05) is 5.16 Å². The van der Waals surface area contributed by atoms with Gasteiger partial charge in [0.15, 0.2) is 29.0 Å². The van der Waals surface area contributed by atoms with Crippen LogP contribution in [0.1, 0.15) is 18.2 Å². The number of hydroxylamine groups is 2. The lowest BCUT2D eigenvalue weighted by Crippen LogP contribution is -2.70. The maximum atomic E-state index is 14.0. The van der Waals surface area contributed by atoms with Crippen molar-refractivity contribution in [3.63, 3.8) is 0 Å². The lowest BCUT2D eigenvalue weighted by atomic mass is 10.00.